The van der Waals surface area contributed by atoms with Crippen LogP contribution in [0.3, 0.4) is 0 Å². The first kappa shape index (κ1) is 12.7. The predicted octanol–water partition coefficient (Wildman–Crippen LogP) is 1.93. The molecule has 2 N–H and O–H groups in total. The normalized spacial score (nSPS) is 14.6. The molecule has 0 aromatic carbocycles. The lowest BCUT2D eigenvalue weighted by Crippen LogP contribution is -2.29. The van der Waals surface area contributed by atoms with Gasteiger partial charge < -0.3 is 5.73 Å². The highest BCUT2D eigenvalue weighted by Crippen LogP contribution is 2.33. The summed E-state index contributed by atoms with van der Waals surface area (Å²) in [6.07, 6.45) is 4.42. The molecule has 0 radical (unpaired) electrons. The highest BCUT2D eigenvalue weighted by atomic mass is 32.1. The molecule has 2 aromatic heterocycles. The van der Waals surface area contributed by atoms with Crippen molar-refractivity contribution >= 4 is 38.8 Å². The van der Waals surface area contributed by atoms with Gasteiger partial charge in [-0.05, 0) is 38.2 Å². The number of thiocarbonyl (C=S) groups is 1. The van der Waals surface area contributed by atoms with E-state index in [2.05, 4.69) is 4.98 Å². The molecule has 4 nitrogen and oxygen atoms in total. The fraction of sp³-hybridized carbons (Fsp3) is 0.462. The van der Waals surface area contributed by atoms with E-state index in [1.165, 1.54) is 16.9 Å². The second-order valence-corrected chi connectivity index (χ2v) is 6.52. The zero-order chi connectivity index (χ0) is 13.6. The van der Waals surface area contributed by atoms with Gasteiger partial charge in [0.25, 0.3) is 5.56 Å². The fourth-order valence-corrected chi connectivity index (χ4v) is 4.11. The van der Waals surface area contributed by atoms with Crippen LogP contribution in [0.15, 0.2) is 4.79 Å². The number of fused-ring (bicyclic) bond motifs is 3. The third-order valence-corrected chi connectivity index (χ3v) is 4.89. The molecule has 1 aliphatic carbocycles. The summed E-state index contributed by atoms with van der Waals surface area (Å²) in [6.45, 7) is 2.10. The van der Waals surface area contributed by atoms with E-state index in [0.717, 1.165) is 29.5 Å². The molecule has 2 aromatic rings. The van der Waals surface area contributed by atoms with E-state index >= 15 is 0 Å². The Morgan fingerprint density at radius 3 is 2.95 bits per heavy atom. The van der Waals surface area contributed by atoms with Gasteiger partial charge in [-0.15, -0.1) is 11.3 Å². The van der Waals surface area contributed by atoms with Gasteiger partial charge in [0.1, 0.15) is 10.7 Å². The van der Waals surface area contributed by atoms with Crippen LogP contribution in [-0.2, 0) is 19.4 Å². The molecule has 1 aliphatic rings. The molecular weight excluding hydrogens is 278 g/mol. The molecule has 0 spiro atoms. The van der Waals surface area contributed by atoms with Crippen molar-refractivity contribution in [3.05, 3.63) is 26.6 Å². The summed E-state index contributed by atoms with van der Waals surface area (Å²) in [7, 11) is 0. The maximum Gasteiger partial charge on any atom is 0.262 e. The molecule has 0 fully saturated rings. The molecule has 0 aliphatic heterocycles. The number of hydrogen-bond donors (Lipinski definition) is 1. The van der Waals surface area contributed by atoms with E-state index in [1.54, 1.807) is 15.9 Å². The molecule has 3 rings (SSSR count). The zero-order valence-electron chi connectivity index (χ0n) is 10.7. The summed E-state index contributed by atoms with van der Waals surface area (Å²) in [4.78, 5) is 19.7. The Balaban J connectivity index is 2.30. The summed E-state index contributed by atoms with van der Waals surface area (Å²) in [5.74, 6) is 0.684. The van der Waals surface area contributed by atoms with E-state index in [-0.39, 0.29) is 12.1 Å². The van der Waals surface area contributed by atoms with Crippen molar-refractivity contribution in [2.75, 3.05) is 0 Å². The van der Waals surface area contributed by atoms with Gasteiger partial charge in [-0.3, -0.25) is 9.36 Å². The quantitative estimate of drug-likeness (QED) is 0.860. The SMILES string of the molecule is Cc1nc2sc3c(c2c(=O)n1CC(N)=S)CCCC3. The maximum atomic E-state index is 12.6. The van der Waals surface area contributed by atoms with Gasteiger partial charge in [0.15, 0.2) is 0 Å². The number of aromatic nitrogens is 2. The smallest absolute Gasteiger partial charge is 0.262 e. The Bertz CT molecular complexity index is 730. The lowest BCUT2D eigenvalue weighted by molar-refractivity contribution is 0.697. The van der Waals surface area contributed by atoms with Gasteiger partial charge >= 0.3 is 0 Å². The van der Waals surface area contributed by atoms with Crippen LogP contribution in [0, 0.1) is 6.92 Å². The van der Waals surface area contributed by atoms with E-state index in [0.29, 0.717) is 10.8 Å². The van der Waals surface area contributed by atoms with Gasteiger partial charge in [-0.25, -0.2) is 4.98 Å². The van der Waals surface area contributed by atoms with E-state index < -0.39 is 0 Å². The van der Waals surface area contributed by atoms with Crippen molar-refractivity contribution in [3.63, 3.8) is 0 Å². The molecular formula is C13H15N3OS2. The topological polar surface area (TPSA) is 60.9 Å². The van der Waals surface area contributed by atoms with Crippen molar-refractivity contribution in [2.45, 2.75) is 39.2 Å². The van der Waals surface area contributed by atoms with Gasteiger partial charge in [0.05, 0.1) is 16.9 Å². The van der Waals surface area contributed by atoms with Crippen LogP contribution in [0.2, 0.25) is 0 Å². The van der Waals surface area contributed by atoms with Crippen molar-refractivity contribution in [2.24, 2.45) is 5.73 Å². The second-order valence-electron chi connectivity index (χ2n) is 4.91. The monoisotopic (exact) mass is 293 g/mol. The number of hydrogen-bond acceptors (Lipinski definition) is 4. The fourth-order valence-electron chi connectivity index (χ4n) is 2.68. The van der Waals surface area contributed by atoms with Crippen LogP contribution < -0.4 is 11.3 Å². The molecule has 0 saturated carbocycles. The summed E-state index contributed by atoms with van der Waals surface area (Å²) in [5.41, 5.74) is 6.78. The van der Waals surface area contributed by atoms with E-state index in [1.807, 2.05) is 6.92 Å². The largest absolute Gasteiger partial charge is 0.392 e. The Morgan fingerprint density at radius 1 is 1.47 bits per heavy atom. The Kier molecular flexibility index (Phi) is 3.14. The average molecular weight is 293 g/mol. The summed E-state index contributed by atoms with van der Waals surface area (Å²) in [6, 6.07) is 0. The van der Waals surface area contributed by atoms with Crippen molar-refractivity contribution in [1.29, 1.82) is 0 Å². The number of rotatable bonds is 2. The average Bonchev–Trinajstić information content (AvgIpc) is 2.72. The number of aryl methyl sites for hydroxylation is 3. The molecule has 0 amide bonds. The third kappa shape index (κ3) is 2.08. The molecule has 0 saturated heterocycles. The predicted molar refractivity (Wildman–Crippen MR) is 82.0 cm³/mol. The maximum absolute atomic E-state index is 12.6. The van der Waals surface area contributed by atoms with E-state index in [9.17, 15) is 4.79 Å². The van der Waals surface area contributed by atoms with Crippen LogP contribution in [0.1, 0.15) is 29.1 Å². The van der Waals surface area contributed by atoms with Crippen LogP contribution in [-0.4, -0.2) is 14.5 Å². The highest BCUT2D eigenvalue weighted by Gasteiger charge is 2.21. The molecule has 0 bridgehead atoms. The van der Waals surface area contributed by atoms with Crippen LogP contribution in [0.4, 0.5) is 0 Å². The second kappa shape index (κ2) is 4.68. The standard InChI is InChI=1S/C13H15N3OS2/c1-7-15-12-11(13(17)16(7)6-10(14)18)8-4-2-3-5-9(8)19-12/h2-6H2,1H3,(H2,14,18). The van der Waals surface area contributed by atoms with Crippen molar-refractivity contribution in [1.82, 2.24) is 9.55 Å². The number of nitrogens with zero attached hydrogens (tertiary/aromatic N) is 2. The molecule has 6 heteroatoms. The lowest BCUT2D eigenvalue weighted by atomic mass is 9.97. The van der Waals surface area contributed by atoms with E-state index in [4.69, 9.17) is 18.0 Å². The van der Waals surface area contributed by atoms with Gasteiger partial charge in [0, 0.05) is 4.88 Å². The number of nitrogens with two attached hydrogens (primary N) is 1. The van der Waals surface area contributed by atoms with Crippen LogP contribution in [0.5, 0.6) is 0 Å². The summed E-state index contributed by atoms with van der Waals surface area (Å²) in [5, 5.41) is 0.793. The minimum absolute atomic E-state index is 0.00898. The van der Waals surface area contributed by atoms with Gasteiger partial charge in [0.2, 0.25) is 0 Å². The van der Waals surface area contributed by atoms with Gasteiger partial charge in [-0.1, -0.05) is 12.2 Å². The molecule has 100 valence electrons. The minimum Gasteiger partial charge on any atom is -0.392 e. The molecule has 19 heavy (non-hydrogen) atoms. The first-order valence-electron chi connectivity index (χ1n) is 6.38. The summed E-state index contributed by atoms with van der Waals surface area (Å²) >= 11 is 6.58. The van der Waals surface area contributed by atoms with Crippen molar-refractivity contribution in [3.8, 4) is 0 Å². The Morgan fingerprint density at radius 2 is 2.21 bits per heavy atom. The summed E-state index contributed by atoms with van der Waals surface area (Å²) < 4.78 is 1.59. The molecule has 0 atom stereocenters. The highest BCUT2D eigenvalue weighted by molar-refractivity contribution is 7.80. The first-order valence-corrected chi connectivity index (χ1v) is 7.60. The Labute approximate surface area is 120 Å². The molecule has 2 heterocycles. The van der Waals surface area contributed by atoms with Crippen LogP contribution >= 0.6 is 23.6 Å². The minimum atomic E-state index is 0.00898. The zero-order valence-corrected chi connectivity index (χ0v) is 12.4. The lowest BCUT2D eigenvalue weighted by Gasteiger charge is -2.11. The van der Waals surface area contributed by atoms with Crippen molar-refractivity contribution < 1.29 is 0 Å². The Hall–Kier alpha value is -1.27. The van der Waals surface area contributed by atoms with Gasteiger partial charge in [-0.2, -0.15) is 0 Å². The number of thiophene rings is 1. The third-order valence-electron chi connectivity index (χ3n) is 3.58. The van der Waals surface area contributed by atoms with Crippen LogP contribution in [0.25, 0.3) is 10.2 Å². The first-order chi connectivity index (χ1) is 9.08. The molecule has 0 unspecified atom stereocenters.